The van der Waals surface area contributed by atoms with Crippen molar-refractivity contribution in [3.63, 3.8) is 0 Å². The number of hydrogen-bond acceptors (Lipinski definition) is 8. The third kappa shape index (κ3) is 4.62. The molecule has 4 rings (SSSR count). The molecule has 3 N–H and O–H groups in total. The van der Waals surface area contributed by atoms with Crippen LogP contribution in [0.25, 0.3) is 0 Å². The van der Waals surface area contributed by atoms with Gasteiger partial charge in [0.2, 0.25) is 0 Å². The Morgan fingerprint density at radius 3 is 2.53 bits per heavy atom. The van der Waals surface area contributed by atoms with Crippen molar-refractivity contribution in [3.05, 3.63) is 40.8 Å². The zero-order valence-corrected chi connectivity index (χ0v) is 20.9. The zero-order valence-electron chi connectivity index (χ0n) is 20.1. The summed E-state index contributed by atoms with van der Waals surface area (Å²) in [7, 11) is 1.61. The highest BCUT2D eigenvalue weighted by Gasteiger charge is 2.49. The summed E-state index contributed by atoms with van der Waals surface area (Å²) in [4.78, 5) is 17.7. The van der Waals surface area contributed by atoms with Gasteiger partial charge in [-0.15, -0.1) is 11.3 Å². The van der Waals surface area contributed by atoms with E-state index >= 15 is 0 Å². The summed E-state index contributed by atoms with van der Waals surface area (Å²) >= 11 is 1.77. The molecule has 1 aromatic heterocycles. The molecule has 9 heteroatoms. The third-order valence-electron chi connectivity index (χ3n) is 7.22. The summed E-state index contributed by atoms with van der Waals surface area (Å²) in [5.74, 6) is 0.567. The van der Waals surface area contributed by atoms with Crippen molar-refractivity contribution in [2.45, 2.75) is 45.0 Å². The van der Waals surface area contributed by atoms with Crippen LogP contribution in [0.1, 0.15) is 30.2 Å². The Morgan fingerprint density at radius 1 is 1.21 bits per heavy atom. The first-order valence-corrected chi connectivity index (χ1v) is 12.4. The van der Waals surface area contributed by atoms with Crippen LogP contribution in [0.2, 0.25) is 0 Å². The molecule has 0 radical (unpaired) electrons. The standard InChI is InChI=1S/C25H34N2O6S/c1-15-5-8-23(34-15)26-10-18(11-26)33-22-9-17(6-7-21(22)32-4)19-12-27(24(31)20(30)13-28)14-25(19,3)16(2)29/h5-9,16,18-20,28-30H,10-14H2,1-4H3/t16?,19-,20?,25-/m0/s1. The van der Waals surface area contributed by atoms with Gasteiger partial charge in [0.25, 0.3) is 5.91 Å². The minimum absolute atomic E-state index is 0.0380. The van der Waals surface area contributed by atoms with Crippen LogP contribution < -0.4 is 14.4 Å². The predicted octanol–water partition coefficient (Wildman–Crippen LogP) is 2.00. The van der Waals surface area contributed by atoms with Gasteiger partial charge in [0, 0.05) is 29.3 Å². The molecule has 34 heavy (non-hydrogen) atoms. The van der Waals surface area contributed by atoms with Gasteiger partial charge in [-0.1, -0.05) is 13.0 Å². The lowest BCUT2D eigenvalue weighted by Crippen LogP contribution is -2.53. The first-order valence-electron chi connectivity index (χ1n) is 11.6. The number of methoxy groups -OCH3 is 1. The van der Waals surface area contributed by atoms with Gasteiger partial charge in [-0.05, 0) is 43.7 Å². The fraction of sp³-hybridized carbons (Fsp3) is 0.560. The van der Waals surface area contributed by atoms with Gasteiger partial charge in [-0.25, -0.2) is 0 Å². The number of hydrogen-bond donors (Lipinski definition) is 3. The average molecular weight is 491 g/mol. The smallest absolute Gasteiger partial charge is 0.253 e. The van der Waals surface area contributed by atoms with E-state index in [0.29, 0.717) is 18.0 Å². The quantitative estimate of drug-likeness (QED) is 0.520. The largest absolute Gasteiger partial charge is 0.493 e. The molecule has 2 fully saturated rings. The van der Waals surface area contributed by atoms with Gasteiger partial charge in [-0.2, -0.15) is 0 Å². The van der Waals surface area contributed by atoms with Crippen molar-refractivity contribution < 1.29 is 29.6 Å². The van der Waals surface area contributed by atoms with Crippen LogP contribution in [0.15, 0.2) is 30.3 Å². The predicted molar refractivity (Wildman–Crippen MR) is 131 cm³/mol. The highest BCUT2D eigenvalue weighted by molar-refractivity contribution is 7.16. The summed E-state index contributed by atoms with van der Waals surface area (Å²) in [6.45, 7) is 7.34. The van der Waals surface area contributed by atoms with Crippen LogP contribution in [0.5, 0.6) is 11.5 Å². The normalized spacial score (nSPS) is 24.6. The van der Waals surface area contributed by atoms with Gasteiger partial charge in [0.1, 0.15) is 6.10 Å². The van der Waals surface area contributed by atoms with Crippen molar-refractivity contribution in [2.75, 3.05) is 44.8 Å². The molecule has 0 saturated carbocycles. The monoisotopic (exact) mass is 490 g/mol. The van der Waals surface area contributed by atoms with Crippen molar-refractivity contribution in [1.29, 1.82) is 0 Å². The molecule has 1 amide bonds. The Bertz CT molecular complexity index is 1020. The molecule has 1 aromatic carbocycles. The summed E-state index contributed by atoms with van der Waals surface area (Å²) in [5, 5.41) is 30.9. The van der Waals surface area contributed by atoms with Gasteiger partial charge in [0.15, 0.2) is 17.6 Å². The van der Waals surface area contributed by atoms with E-state index in [2.05, 4.69) is 24.0 Å². The minimum atomic E-state index is -1.46. The third-order valence-corrected chi connectivity index (χ3v) is 8.29. The second-order valence-corrected chi connectivity index (χ2v) is 10.9. The fourth-order valence-electron chi connectivity index (χ4n) is 4.85. The first kappa shape index (κ1) is 24.8. The summed E-state index contributed by atoms with van der Waals surface area (Å²) in [6.07, 6.45) is -2.11. The number of carbonyl (C=O) groups excluding carboxylic acids is 1. The van der Waals surface area contributed by atoms with E-state index in [1.165, 1.54) is 14.8 Å². The molecule has 2 saturated heterocycles. The number of anilines is 1. The van der Waals surface area contributed by atoms with Gasteiger partial charge < -0.3 is 34.6 Å². The van der Waals surface area contributed by atoms with E-state index in [-0.39, 0.29) is 18.6 Å². The minimum Gasteiger partial charge on any atom is -0.493 e. The van der Waals surface area contributed by atoms with E-state index in [1.807, 2.05) is 25.1 Å². The number of likely N-dealkylation sites (tertiary alicyclic amines) is 1. The summed E-state index contributed by atoms with van der Waals surface area (Å²) < 4.78 is 11.9. The molecule has 4 atom stereocenters. The molecular weight excluding hydrogens is 456 g/mol. The molecule has 0 spiro atoms. The number of benzene rings is 1. The average Bonchev–Trinajstić information content (AvgIpc) is 3.38. The summed E-state index contributed by atoms with van der Waals surface area (Å²) in [5.41, 5.74) is 0.305. The van der Waals surface area contributed by atoms with Crippen LogP contribution in [0.3, 0.4) is 0 Å². The Morgan fingerprint density at radius 2 is 1.94 bits per heavy atom. The second-order valence-electron chi connectivity index (χ2n) is 9.59. The van der Waals surface area contributed by atoms with Crippen molar-refractivity contribution in [2.24, 2.45) is 5.41 Å². The van der Waals surface area contributed by atoms with Gasteiger partial charge >= 0.3 is 0 Å². The molecule has 2 aromatic rings. The molecule has 3 heterocycles. The maximum atomic E-state index is 12.6. The highest BCUT2D eigenvalue weighted by atomic mass is 32.1. The Kier molecular flexibility index (Phi) is 7.09. The SMILES string of the molecule is COc1ccc([C@@H]2CN(C(=O)C(O)CO)C[C@@]2(C)C(C)O)cc1OC1CN(c2ccc(C)s2)C1. The lowest BCUT2D eigenvalue weighted by molar-refractivity contribution is -0.141. The Labute approximate surface area is 204 Å². The van der Waals surface area contributed by atoms with E-state index < -0.39 is 30.1 Å². The first-order chi connectivity index (χ1) is 16.2. The van der Waals surface area contributed by atoms with Crippen LogP contribution in [0, 0.1) is 12.3 Å². The number of nitrogens with zero attached hydrogens (tertiary/aromatic N) is 2. The number of rotatable bonds is 8. The highest BCUT2D eigenvalue weighted by Crippen LogP contribution is 2.47. The Balaban J connectivity index is 1.53. The number of amides is 1. The summed E-state index contributed by atoms with van der Waals surface area (Å²) in [6, 6.07) is 10.00. The number of ether oxygens (including phenoxy) is 2. The number of carbonyl (C=O) groups is 1. The molecule has 8 nitrogen and oxygen atoms in total. The molecular formula is C25H34N2O6S. The molecule has 2 unspecified atom stereocenters. The van der Waals surface area contributed by atoms with Crippen molar-refractivity contribution >= 4 is 22.2 Å². The fourth-order valence-corrected chi connectivity index (χ4v) is 5.73. The number of aliphatic hydroxyl groups excluding tert-OH is 3. The van der Waals surface area contributed by atoms with E-state index in [0.717, 1.165) is 18.7 Å². The van der Waals surface area contributed by atoms with Crippen molar-refractivity contribution in [1.82, 2.24) is 4.90 Å². The number of aliphatic hydroxyl groups is 3. The molecule has 0 aliphatic carbocycles. The lowest BCUT2D eigenvalue weighted by Gasteiger charge is -2.40. The van der Waals surface area contributed by atoms with Crippen LogP contribution in [-0.2, 0) is 4.79 Å². The molecule has 2 aliphatic rings. The number of thiophene rings is 1. The van der Waals surface area contributed by atoms with Crippen LogP contribution >= 0.6 is 11.3 Å². The maximum Gasteiger partial charge on any atom is 0.253 e. The van der Waals surface area contributed by atoms with E-state index in [4.69, 9.17) is 9.47 Å². The van der Waals surface area contributed by atoms with E-state index in [1.54, 1.807) is 25.4 Å². The maximum absolute atomic E-state index is 12.6. The van der Waals surface area contributed by atoms with Crippen molar-refractivity contribution in [3.8, 4) is 11.5 Å². The molecule has 0 bridgehead atoms. The van der Waals surface area contributed by atoms with Crippen LogP contribution in [-0.4, -0.2) is 84.3 Å². The van der Waals surface area contributed by atoms with Crippen LogP contribution in [0.4, 0.5) is 5.00 Å². The van der Waals surface area contributed by atoms with Gasteiger partial charge in [0.05, 0.1) is 37.9 Å². The van der Waals surface area contributed by atoms with E-state index in [9.17, 15) is 20.1 Å². The number of aryl methyl sites for hydroxylation is 1. The topological polar surface area (TPSA) is 103 Å². The lowest BCUT2D eigenvalue weighted by atomic mass is 9.72. The van der Waals surface area contributed by atoms with Gasteiger partial charge in [-0.3, -0.25) is 4.79 Å². The zero-order chi connectivity index (χ0) is 24.6. The molecule has 2 aliphatic heterocycles. The Hall–Kier alpha value is -2.33. The second kappa shape index (κ2) is 9.73. The molecule has 186 valence electrons.